The molecule has 0 aromatic heterocycles. The zero-order valence-electron chi connectivity index (χ0n) is 9.75. The van der Waals surface area contributed by atoms with Crippen LogP contribution >= 0.6 is 0 Å². The van der Waals surface area contributed by atoms with Crippen molar-refractivity contribution in [3.05, 3.63) is 24.3 Å². The van der Waals surface area contributed by atoms with Crippen molar-refractivity contribution in [3.8, 4) is 0 Å². The molecule has 7 nitrogen and oxygen atoms in total. The van der Waals surface area contributed by atoms with Crippen LogP contribution in [0.5, 0.6) is 0 Å². The minimum Gasteiger partial charge on any atom is -0.384 e. The summed E-state index contributed by atoms with van der Waals surface area (Å²) in [5.74, 6) is -0.191. The van der Waals surface area contributed by atoms with Gasteiger partial charge in [-0.15, -0.1) is 0 Å². The summed E-state index contributed by atoms with van der Waals surface area (Å²) >= 11 is 0. The van der Waals surface area contributed by atoms with Crippen LogP contribution in [0.2, 0.25) is 0 Å². The van der Waals surface area contributed by atoms with Gasteiger partial charge in [0.05, 0.1) is 10.6 Å². The number of nitrogens with two attached hydrogens (primary N) is 1. The average molecular weight is 293 g/mol. The lowest BCUT2D eigenvalue weighted by Gasteiger charge is -2.07. The van der Waals surface area contributed by atoms with Gasteiger partial charge >= 0.3 is 0 Å². The molecule has 4 N–H and O–H groups in total. The van der Waals surface area contributed by atoms with Crippen molar-refractivity contribution in [3.63, 3.8) is 0 Å². The van der Waals surface area contributed by atoms with Crippen LogP contribution in [0.25, 0.3) is 0 Å². The Morgan fingerprint density at radius 1 is 1.11 bits per heavy atom. The summed E-state index contributed by atoms with van der Waals surface area (Å²) in [6, 6.07) is 5.94. The van der Waals surface area contributed by atoms with Gasteiger partial charge in [0.2, 0.25) is 20.0 Å². The molecule has 0 saturated heterocycles. The molecule has 0 saturated carbocycles. The van der Waals surface area contributed by atoms with Gasteiger partial charge in [0.15, 0.2) is 0 Å². The van der Waals surface area contributed by atoms with Gasteiger partial charge in [-0.05, 0) is 31.3 Å². The summed E-state index contributed by atoms with van der Waals surface area (Å²) < 4.78 is 46.4. The lowest BCUT2D eigenvalue weighted by Crippen LogP contribution is -2.22. The molecule has 1 aromatic rings. The molecule has 0 bridgehead atoms. The molecule has 1 rings (SSSR count). The average Bonchev–Trinajstić information content (AvgIpc) is 2.28. The first-order valence-electron chi connectivity index (χ1n) is 5.02. The summed E-state index contributed by atoms with van der Waals surface area (Å²) in [7, 11) is -5.62. The van der Waals surface area contributed by atoms with Crippen molar-refractivity contribution >= 4 is 25.7 Å². The molecular formula is C9H15N3O4S2. The minimum absolute atomic E-state index is 0.141. The van der Waals surface area contributed by atoms with Gasteiger partial charge in [0.1, 0.15) is 0 Å². The van der Waals surface area contributed by atoms with Crippen LogP contribution in [-0.2, 0) is 20.0 Å². The van der Waals surface area contributed by atoms with E-state index in [0.29, 0.717) is 5.69 Å². The fraction of sp³-hybridized carbons (Fsp3) is 0.333. The number of sulfonamides is 2. The third-order valence-corrected chi connectivity index (χ3v) is 4.35. The van der Waals surface area contributed by atoms with Gasteiger partial charge in [-0.2, -0.15) is 0 Å². The highest BCUT2D eigenvalue weighted by Gasteiger charge is 2.10. The van der Waals surface area contributed by atoms with E-state index in [1.54, 1.807) is 12.1 Å². The predicted molar refractivity (Wildman–Crippen MR) is 69.2 cm³/mol. The molecule has 0 atom stereocenters. The largest absolute Gasteiger partial charge is 0.384 e. The van der Waals surface area contributed by atoms with E-state index < -0.39 is 20.0 Å². The van der Waals surface area contributed by atoms with Gasteiger partial charge in [-0.3, -0.25) is 0 Å². The van der Waals surface area contributed by atoms with Gasteiger partial charge in [-0.25, -0.2) is 26.7 Å². The van der Waals surface area contributed by atoms with Crippen molar-refractivity contribution in [2.45, 2.75) is 4.90 Å². The van der Waals surface area contributed by atoms with E-state index in [1.807, 2.05) is 0 Å². The Hall–Kier alpha value is -1.16. The number of anilines is 1. The van der Waals surface area contributed by atoms with Crippen molar-refractivity contribution < 1.29 is 16.8 Å². The highest BCUT2D eigenvalue weighted by molar-refractivity contribution is 7.89. The monoisotopic (exact) mass is 293 g/mol. The molecule has 0 spiro atoms. The Balaban J connectivity index is 2.67. The molecule has 9 heteroatoms. The lowest BCUT2D eigenvalue weighted by molar-refractivity contribution is 0.588. The molecule has 102 valence electrons. The summed E-state index contributed by atoms with van der Waals surface area (Å²) in [6.07, 6.45) is 0. The first-order valence-corrected chi connectivity index (χ1v) is 8.22. The SMILES string of the molecule is CNS(=O)(=O)c1ccc(NCCS(N)(=O)=O)cc1. The maximum Gasteiger partial charge on any atom is 0.240 e. The van der Waals surface area contributed by atoms with Gasteiger partial charge in [-0.1, -0.05) is 0 Å². The number of nitrogens with one attached hydrogen (secondary N) is 2. The standard InChI is InChI=1S/C9H15N3O4S2/c1-11-18(15,16)9-4-2-8(3-5-9)12-6-7-17(10,13)14/h2-5,11-12H,6-7H2,1H3,(H2,10,13,14). The summed E-state index contributed by atoms with van der Waals surface area (Å²) in [5.41, 5.74) is 0.619. The van der Waals surface area contributed by atoms with Gasteiger partial charge in [0, 0.05) is 12.2 Å². The van der Waals surface area contributed by atoms with E-state index in [9.17, 15) is 16.8 Å². The first kappa shape index (κ1) is 14.9. The van der Waals surface area contributed by atoms with Gasteiger partial charge in [0.25, 0.3) is 0 Å². The van der Waals surface area contributed by atoms with Gasteiger partial charge < -0.3 is 5.32 Å². The second-order valence-electron chi connectivity index (χ2n) is 3.53. The highest BCUT2D eigenvalue weighted by atomic mass is 32.2. The van der Waals surface area contributed by atoms with Crippen molar-refractivity contribution in [1.29, 1.82) is 0 Å². The van der Waals surface area contributed by atoms with E-state index in [1.165, 1.54) is 19.2 Å². The molecule has 0 fully saturated rings. The van der Waals surface area contributed by atoms with Crippen LogP contribution < -0.4 is 15.2 Å². The topological polar surface area (TPSA) is 118 Å². The molecule has 0 heterocycles. The Labute approximate surface area is 106 Å². The third-order valence-electron chi connectivity index (χ3n) is 2.15. The predicted octanol–water partition coefficient (Wildman–Crippen LogP) is -0.705. The zero-order chi connectivity index (χ0) is 13.8. The Morgan fingerprint density at radius 3 is 2.11 bits per heavy atom. The maximum atomic E-state index is 11.4. The molecule has 0 radical (unpaired) electrons. The molecule has 0 amide bonds. The van der Waals surface area contributed by atoms with E-state index >= 15 is 0 Å². The van der Waals surface area contributed by atoms with Crippen molar-refractivity contribution in [2.24, 2.45) is 5.14 Å². The van der Waals surface area contributed by atoms with Crippen molar-refractivity contribution in [2.75, 3.05) is 24.7 Å². The summed E-state index contributed by atoms with van der Waals surface area (Å²) in [5, 5.41) is 7.67. The number of primary sulfonamides is 1. The number of hydrogen-bond acceptors (Lipinski definition) is 5. The maximum absolute atomic E-state index is 11.4. The highest BCUT2D eigenvalue weighted by Crippen LogP contribution is 2.13. The molecule has 0 aliphatic heterocycles. The normalized spacial score (nSPS) is 12.3. The second kappa shape index (κ2) is 5.65. The molecule has 0 aliphatic rings. The summed E-state index contributed by atoms with van der Waals surface area (Å²) in [6.45, 7) is 0.164. The number of rotatable bonds is 6. The van der Waals surface area contributed by atoms with E-state index in [4.69, 9.17) is 5.14 Å². The van der Waals surface area contributed by atoms with Crippen LogP contribution in [0.3, 0.4) is 0 Å². The molecule has 0 aliphatic carbocycles. The summed E-state index contributed by atoms with van der Waals surface area (Å²) in [4.78, 5) is 0.141. The van der Waals surface area contributed by atoms with Crippen molar-refractivity contribution in [1.82, 2.24) is 4.72 Å². The Kier molecular flexibility index (Phi) is 4.68. The zero-order valence-corrected chi connectivity index (χ0v) is 11.4. The smallest absolute Gasteiger partial charge is 0.240 e. The van der Waals surface area contributed by atoms with Crippen LogP contribution in [0.1, 0.15) is 0 Å². The Bertz CT molecular complexity index is 593. The first-order chi connectivity index (χ1) is 8.24. The number of benzene rings is 1. The van der Waals surface area contributed by atoms with Crippen LogP contribution in [-0.4, -0.2) is 36.2 Å². The second-order valence-corrected chi connectivity index (χ2v) is 7.15. The molecular weight excluding hydrogens is 278 g/mol. The quantitative estimate of drug-likeness (QED) is 0.640. The number of hydrogen-bond donors (Lipinski definition) is 3. The van der Waals surface area contributed by atoms with Crippen LogP contribution in [0, 0.1) is 0 Å². The molecule has 0 unspecified atom stereocenters. The molecule has 18 heavy (non-hydrogen) atoms. The minimum atomic E-state index is -3.50. The third kappa shape index (κ3) is 4.61. The van der Waals surface area contributed by atoms with E-state index in [-0.39, 0.29) is 17.2 Å². The molecule has 1 aromatic carbocycles. The fourth-order valence-corrected chi connectivity index (χ4v) is 2.32. The van der Waals surface area contributed by atoms with Crippen LogP contribution in [0.4, 0.5) is 5.69 Å². The lowest BCUT2D eigenvalue weighted by atomic mass is 10.3. The fourth-order valence-electron chi connectivity index (χ4n) is 1.21. The van der Waals surface area contributed by atoms with E-state index in [2.05, 4.69) is 10.0 Å². The van der Waals surface area contributed by atoms with E-state index in [0.717, 1.165) is 0 Å². The van der Waals surface area contributed by atoms with Crippen LogP contribution in [0.15, 0.2) is 29.2 Å². The Morgan fingerprint density at radius 2 is 1.67 bits per heavy atom.